The average Bonchev–Trinajstić information content (AvgIpc) is 2.26. The number of nitrogens with zero attached hydrogens (tertiary/aromatic N) is 1. The topological polar surface area (TPSA) is 52.6 Å². The Balaban J connectivity index is 2.35. The fraction of sp³-hybridized carbons (Fsp3) is 0.727. The molecule has 1 amide bonds. The lowest BCUT2D eigenvalue weighted by Gasteiger charge is -2.33. The van der Waals surface area contributed by atoms with Crippen molar-refractivity contribution < 1.29 is 9.90 Å². The van der Waals surface area contributed by atoms with Gasteiger partial charge in [0.1, 0.15) is 0 Å². The Bertz CT molecular complexity index is 223. The van der Waals surface area contributed by atoms with Crippen LogP contribution in [0.25, 0.3) is 0 Å². The van der Waals surface area contributed by atoms with E-state index in [2.05, 4.69) is 16.8 Å². The van der Waals surface area contributed by atoms with E-state index in [0.29, 0.717) is 6.54 Å². The Kier molecular flexibility index (Phi) is 4.78. The fourth-order valence-corrected chi connectivity index (χ4v) is 1.76. The highest BCUT2D eigenvalue weighted by Crippen LogP contribution is 2.12. The molecule has 0 radical (unpaired) electrons. The van der Waals surface area contributed by atoms with E-state index in [4.69, 9.17) is 0 Å². The zero-order valence-corrected chi connectivity index (χ0v) is 9.28. The second-order valence-corrected chi connectivity index (χ2v) is 3.98. The van der Waals surface area contributed by atoms with Crippen LogP contribution in [0.2, 0.25) is 0 Å². The van der Waals surface area contributed by atoms with Gasteiger partial charge >= 0.3 is 0 Å². The molecule has 1 rings (SSSR count). The minimum Gasteiger partial charge on any atom is -0.393 e. The number of aliphatic hydroxyl groups excluding tert-OH is 1. The Labute approximate surface area is 91.0 Å². The summed E-state index contributed by atoms with van der Waals surface area (Å²) < 4.78 is 0. The molecular weight excluding hydrogens is 192 g/mol. The van der Waals surface area contributed by atoms with Crippen LogP contribution in [-0.4, -0.2) is 47.7 Å². The lowest BCUT2D eigenvalue weighted by atomic mass is 10.1. The maximum Gasteiger partial charge on any atom is 0.237 e. The van der Waals surface area contributed by atoms with E-state index in [1.807, 2.05) is 6.92 Å². The molecule has 1 aliphatic rings. The van der Waals surface area contributed by atoms with Crippen LogP contribution >= 0.6 is 0 Å². The number of amides is 1. The quantitative estimate of drug-likeness (QED) is 0.651. The van der Waals surface area contributed by atoms with Crippen LogP contribution in [0, 0.1) is 0 Å². The highest BCUT2D eigenvalue weighted by molar-refractivity contribution is 5.81. The minimum atomic E-state index is -0.190. The first kappa shape index (κ1) is 12.2. The molecule has 86 valence electrons. The number of carbonyl (C=O) groups is 1. The molecule has 0 aliphatic carbocycles. The van der Waals surface area contributed by atoms with Gasteiger partial charge in [-0.3, -0.25) is 9.69 Å². The molecule has 1 saturated heterocycles. The summed E-state index contributed by atoms with van der Waals surface area (Å²) in [7, 11) is 0. The molecule has 0 spiro atoms. The standard InChI is InChI=1S/C11H20N2O2/c1-3-6-12-11(15)9(2)13-7-4-10(14)5-8-13/h3,9-10,14H,1,4-8H2,2H3,(H,12,15)/t9-/m0/s1. The van der Waals surface area contributed by atoms with Gasteiger partial charge in [-0.1, -0.05) is 6.08 Å². The van der Waals surface area contributed by atoms with Crippen molar-refractivity contribution in [1.82, 2.24) is 10.2 Å². The largest absolute Gasteiger partial charge is 0.393 e. The van der Waals surface area contributed by atoms with Crippen LogP contribution < -0.4 is 5.32 Å². The van der Waals surface area contributed by atoms with Crippen LogP contribution in [0.1, 0.15) is 19.8 Å². The van der Waals surface area contributed by atoms with Gasteiger partial charge in [-0.05, 0) is 19.8 Å². The zero-order chi connectivity index (χ0) is 11.3. The van der Waals surface area contributed by atoms with E-state index in [1.54, 1.807) is 6.08 Å². The van der Waals surface area contributed by atoms with Gasteiger partial charge in [0.15, 0.2) is 0 Å². The summed E-state index contributed by atoms with van der Waals surface area (Å²) in [6.45, 7) is 7.56. The van der Waals surface area contributed by atoms with E-state index in [-0.39, 0.29) is 18.1 Å². The molecule has 1 heterocycles. The van der Waals surface area contributed by atoms with Crippen molar-refractivity contribution in [1.29, 1.82) is 0 Å². The molecule has 1 atom stereocenters. The van der Waals surface area contributed by atoms with Crippen LogP contribution in [-0.2, 0) is 4.79 Å². The normalized spacial score (nSPS) is 20.9. The molecule has 4 heteroatoms. The van der Waals surface area contributed by atoms with Gasteiger partial charge in [0, 0.05) is 19.6 Å². The van der Waals surface area contributed by atoms with Crippen LogP contribution in [0.4, 0.5) is 0 Å². The summed E-state index contributed by atoms with van der Waals surface area (Å²) in [6.07, 6.45) is 3.01. The second kappa shape index (κ2) is 5.88. The molecule has 0 bridgehead atoms. The van der Waals surface area contributed by atoms with Gasteiger partial charge < -0.3 is 10.4 Å². The summed E-state index contributed by atoms with van der Waals surface area (Å²) in [6, 6.07) is -0.113. The van der Waals surface area contributed by atoms with Crippen molar-refractivity contribution in [2.45, 2.75) is 31.9 Å². The highest BCUT2D eigenvalue weighted by atomic mass is 16.3. The molecule has 4 nitrogen and oxygen atoms in total. The summed E-state index contributed by atoms with van der Waals surface area (Å²) >= 11 is 0. The van der Waals surface area contributed by atoms with Gasteiger partial charge in [-0.2, -0.15) is 0 Å². The van der Waals surface area contributed by atoms with Gasteiger partial charge in [0.2, 0.25) is 5.91 Å². The highest BCUT2D eigenvalue weighted by Gasteiger charge is 2.25. The van der Waals surface area contributed by atoms with E-state index < -0.39 is 0 Å². The first-order valence-corrected chi connectivity index (χ1v) is 5.46. The van der Waals surface area contributed by atoms with Crippen LogP contribution in [0.3, 0.4) is 0 Å². The SMILES string of the molecule is C=CCNC(=O)[C@H](C)N1CCC(O)CC1. The number of likely N-dealkylation sites (tertiary alicyclic amines) is 1. The van der Waals surface area contributed by atoms with E-state index in [9.17, 15) is 9.90 Å². The molecule has 2 N–H and O–H groups in total. The Hall–Kier alpha value is -0.870. The Morgan fingerprint density at radius 1 is 1.67 bits per heavy atom. The number of rotatable bonds is 4. The van der Waals surface area contributed by atoms with E-state index >= 15 is 0 Å². The number of carbonyl (C=O) groups excluding carboxylic acids is 1. The third kappa shape index (κ3) is 3.64. The van der Waals surface area contributed by atoms with Gasteiger partial charge in [0.25, 0.3) is 0 Å². The van der Waals surface area contributed by atoms with Gasteiger partial charge in [-0.25, -0.2) is 0 Å². The second-order valence-electron chi connectivity index (χ2n) is 3.98. The molecule has 0 aromatic carbocycles. The van der Waals surface area contributed by atoms with Crippen molar-refractivity contribution in [3.8, 4) is 0 Å². The molecule has 0 saturated carbocycles. The monoisotopic (exact) mass is 212 g/mol. The smallest absolute Gasteiger partial charge is 0.237 e. The molecule has 15 heavy (non-hydrogen) atoms. The van der Waals surface area contributed by atoms with Gasteiger partial charge in [0.05, 0.1) is 12.1 Å². The molecule has 0 aromatic heterocycles. The molecule has 1 aliphatic heterocycles. The minimum absolute atomic E-state index is 0.0336. The van der Waals surface area contributed by atoms with Crippen molar-refractivity contribution >= 4 is 5.91 Å². The number of hydrogen-bond donors (Lipinski definition) is 2. The first-order chi connectivity index (χ1) is 7.15. The molecule has 1 fully saturated rings. The summed E-state index contributed by atoms with van der Waals surface area (Å²) in [5, 5.41) is 12.1. The third-order valence-corrected chi connectivity index (χ3v) is 2.85. The average molecular weight is 212 g/mol. The van der Waals surface area contributed by atoms with Crippen molar-refractivity contribution in [2.24, 2.45) is 0 Å². The van der Waals surface area contributed by atoms with E-state index in [1.165, 1.54) is 0 Å². The lowest BCUT2D eigenvalue weighted by molar-refractivity contribution is -0.126. The summed E-state index contributed by atoms with van der Waals surface area (Å²) in [4.78, 5) is 13.7. The zero-order valence-electron chi connectivity index (χ0n) is 9.28. The van der Waals surface area contributed by atoms with Crippen molar-refractivity contribution in [3.05, 3.63) is 12.7 Å². The summed E-state index contributed by atoms with van der Waals surface area (Å²) in [5.41, 5.74) is 0. The van der Waals surface area contributed by atoms with Crippen LogP contribution in [0.15, 0.2) is 12.7 Å². The molecular formula is C11H20N2O2. The maximum absolute atomic E-state index is 11.6. The summed E-state index contributed by atoms with van der Waals surface area (Å²) in [5.74, 6) is 0.0336. The maximum atomic E-state index is 11.6. The molecule has 0 aromatic rings. The Morgan fingerprint density at radius 3 is 2.80 bits per heavy atom. The number of nitrogens with one attached hydrogen (secondary N) is 1. The number of aliphatic hydroxyl groups is 1. The van der Waals surface area contributed by atoms with Crippen molar-refractivity contribution in [3.63, 3.8) is 0 Å². The fourth-order valence-electron chi connectivity index (χ4n) is 1.76. The number of piperidine rings is 1. The van der Waals surface area contributed by atoms with Crippen LogP contribution in [0.5, 0.6) is 0 Å². The third-order valence-electron chi connectivity index (χ3n) is 2.85. The van der Waals surface area contributed by atoms with Gasteiger partial charge in [-0.15, -0.1) is 6.58 Å². The lowest BCUT2D eigenvalue weighted by Crippen LogP contribution is -2.49. The van der Waals surface area contributed by atoms with Crippen molar-refractivity contribution in [2.75, 3.05) is 19.6 Å². The first-order valence-electron chi connectivity index (χ1n) is 5.46. The predicted molar refractivity (Wildman–Crippen MR) is 59.5 cm³/mol. The van der Waals surface area contributed by atoms with E-state index in [0.717, 1.165) is 25.9 Å². The predicted octanol–water partition coefficient (Wildman–Crippen LogP) is 0.134. The Morgan fingerprint density at radius 2 is 2.27 bits per heavy atom. The molecule has 0 unspecified atom stereocenters. The number of hydrogen-bond acceptors (Lipinski definition) is 3.